The maximum absolute atomic E-state index is 13.1. The summed E-state index contributed by atoms with van der Waals surface area (Å²) in [5.41, 5.74) is 3.60. The van der Waals surface area contributed by atoms with Crippen LogP contribution >= 0.6 is 0 Å². The Bertz CT molecular complexity index is 627. The van der Waals surface area contributed by atoms with Crippen LogP contribution in [0.15, 0.2) is 36.4 Å². The van der Waals surface area contributed by atoms with Crippen LogP contribution in [0.1, 0.15) is 22.3 Å². The molecule has 0 aromatic heterocycles. The van der Waals surface area contributed by atoms with E-state index >= 15 is 0 Å². The van der Waals surface area contributed by atoms with Crippen LogP contribution < -0.4 is 0 Å². The number of aryl methyl sites for hydroxylation is 2. The van der Waals surface area contributed by atoms with Crippen molar-refractivity contribution in [2.45, 2.75) is 26.7 Å². The largest absolute Gasteiger partial charge is 0.299 e. The van der Waals surface area contributed by atoms with E-state index in [4.69, 9.17) is 0 Å². The second kappa shape index (κ2) is 5.95. The lowest BCUT2D eigenvalue weighted by atomic mass is 9.99. The Balaban J connectivity index is 2.06. The normalized spacial score (nSPS) is 10.6. The third-order valence-corrected chi connectivity index (χ3v) is 3.30. The van der Waals surface area contributed by atoms with Gasteiger partial charge in [-0.15, -0.1) is 0 Å². The molecule has 0 bridgehead atoms. The van der Waals surface area contributed by atoms with Crippen LogP contribution in [-0.2, 0) is 17.6 Å². The molecule has 0 saturated heterocycles. The highest BCUT2D eigenvalue weighted by Gasteiger charge is 2.08. The number of carbonyl (C=O) groups is 1. The number of rotatable bonds is 4. The number of hydrogen-bond donors (Lipinski definition) is 0. The molecule has 0 aliphatic heterocycles. The summed E-state index contributed by atoms with van der Waals surface area (Å²) in [5, 5.41) is 0. The van der Waals surface area contributed by atoms with Crippen molar-refractivity contribution in [3.63, 3.8) is 0 Å². The van der Waals surface area contributed by atoms with Gasteiger partial charge in [-0.2, -0.15) is 0 Å². The quantitative estimate of drug-likeness (QED) is 0.825. The van der Waals surface area contributed by atoms with Crippen LogP contribution in [0.25, 0.3) is 0 Å². The number of carbonyl (C=O) groups excluding carboxylic acids is 1. The van der Waals surface area contributed by atoms with Gasteiger partial charge in [0.25, 0.3) is 0 Å². The molecule has 0 spiro atoms. The van der Waals surface area contributed by atoms with Gasteiger partial charge in [0.05, 0.1) is 0 Å². The van der Waals surface area contributed by atoms with E-state index in [1.54, 1.807) is 0 Å². The molecule has 0 N–H and O–H groups in total. The van der Waals surface area contributed by atoms with Gasteiger partial charge in [0.15, 0.2) is 0 Å². The van der Waals surface area contributed by atoms with Crippen molar-refractivity contribution in [1.29, 1.82) is 0 Å². The van der Waals surface area contributed by atoms with E-state index in [-0.39, 0.29) is 18.6 Å². The fourth-order valence-corrected chi connectivity index (χ4v) is 2.14. The smallest absolute Gasteiger partial charge is 0.141 e. The summed E-state index contributed by atoms with van der Waals surface area (Å²) in [6.45, 7) is 4.00. The van der Waals surface area contributed by atoms with Gasteiger partial charge in [-0.05, 0) is 48.2 Å². The fraction of sp³-hybridized carbons (Fsp3) is 0.235. The van der Waals surface area contributed by atoms with Gasteiger partial charge in [-0.25, -0.2) is 8.78 Å². The molecule has 0 fully saturated rings. The predicted octanol–water partition coefficient (Wildman–Crippen LogP) is 3.94. The highest BCUT2D eigenvalue weighted by molar-refractivity contribution is 5.83. The maximum atomic E-state index is 13.1. The molecule has 3 heteroatoms. The first-order valence-corrected chi connectivity index (χ1v) is 6.47. The van der Waals surface area contributed by atoms with E-state index in [0.29, 0.717) is 5.56 Å². The van der Waals surface area contributed by atoms with Crippen LogP contribution in [0.5, 0.6) is 0 Å². The highest BCUT2D eigenvalue weighted by atomic mass is 19.1. The zero-order valence-corrected chi connectivity index (χ0v) is 11.5. The minimum absolute atomic E-state index is 0.0433. The van der Waals surface area contributed by atoms with Gasteiger partial charge in [0.2, 0.25) is 0 Å². The molecular formula is C17H16F2O. The summed E-state index contributed by atoms with van der Waals surface area (Å²) in [5.74, 6) is -1.36. The van der Waals surface area contributed by atoms with Gasteiger partial charge >= 0.3 is 0 Å². The van der Waals surface area contributed by atoms with Crippen molar-refractivity contribution < 1.29 is 13.6 Å². The van der Waals surface area contributed by atoms with Crippen LogP contribution in [0, 0.1) is 25.5 Å². The number of Topliss-reactive ketones (excluding diaryl/α,β-unsaturated/α-hetero) is 1. The van der Waals surface area contributed by atoms with E-state index in [0.717, 1.165) is 17.2 Å². The van der Waals surface area contributed by atoms with Crippen molar-refractivity contribution in [1.82, 2.24) is 0 Å². The van der Waals surface area contributed by atoms with Crippen LogP contribution in [0.2, 0.25) is 0 Å². The topological polar surface area (TPSA) is 17.1 Å². The molecule has 2 aromatic carbocycles. The summed E-state index contributed by atoms with van der Waals surface area (Å²) in [4.78, 5) is 12.0. The molecule has 0 aliphatic carbocycles. The minimum Gasteiger partial charge on any atom is -0.299 e. The second-order valence-electron chi connectivity index (χ2n) is 5.09. The van der Waals surface area contributed by atoms with Crippen molar-refractivity contribution in [3.8, 4) is 0 Å². The monoisotopic (exact) mass is 274 g/mol. The second-order valence-corrected chi connectivity index (χ2v) is 5.09. The molecule has 0 amide bonds. The molecule has 0 heterocycles. The Morgan fingerprint density at radius 3 is 2.05 bits per heavy atom. The molecule has 0 aliphatic rings. The van der Waals surface area contributed by atoms with Crippen molar-refractivity contribution in [3.05, 3.63) is 70.3 Å². The van der Waals surface area contributed by atoms with Gasteiger partial charge in [-0.1, -0.05) is 18.2 Å². The molecule has 0 unspecified atom stereocenters. The van der Waals surface area contributed by atoms with E-state index in [9.17, 15) is 13.6 Å². The molecule has 0 radical (unpaired) electrons. The van der Waals surface area contributed by atoms with Crippen LogP contribution in [0.3, 0.4) is 0 Å². The van der Waals surface area contributed by atoms with Gasteiger partial charge in [0, 0.05) is 18.9 Å². The van der Waals surface area contributed by atoms with E-state index in [2.05, 4.69) is 0 Å². The minimum atomic E-state index is -0.654. The van der Waals surface area contributed by atoms with Crippen LogP contribution in [0.4, 0.5) is 8.78 Å². The lowest BCUT2D eigenvalue weighted by molar-refractivity contribution is -0.117. The molecule has 20 heavy (non-hydrogen) atoms. The highest BCUT2D eigenvalue weighted by Crippen LogP contribution is 2.13. The first kappa shape index (κ1) is 14.4. The van der Waals surface area contributed by atoms with Crippen molar-refractivity contribution in [2.24, 2.45) is 0 Å². The predicted molar refractivity (Wildman–Crippen MR) is 74.7 cm³/mol. The lowest BCUT2D eigenvalue weighted by Crippen LogP contribution is -2.07. The number of ketones is 1. The van der Waals surface area contributed by atoms with E-state index in [1.165, 1.54) is 17.7 Å². The summed E-state index contributed by atoms with van der Waals surface area (Å²) in [6.07, 6.45) is 0.320. The molecule has 2 aromatic rings. The summed E-state index contributed by atoms with van der Waals surface area (Å²) in [7, 11) is 0. The average Bonchev–Trinajstić information content (AvgIpc) is 2.32. The first-order valence-electron chi connectivity index (χ1n) is 6.47. The fourth-order valence-electron chi connectivity index (χ4n) is 2.14. The third-order valence-electron chi connectivity index (χ3n) is 3.30. The Kier molecular flexibility index (Phi) is 4.28. The van der Waals surface area contributed by atoms with E-state index in [1.807, 2.05) is 32.0 Å². The SMILES string of the molecule is Cc1ccc(CC(=O)Cc2cc(F)cc(F)c2)cc1C. The zero-order chi connectivity index (χ0) is 14.7. The summed E-state index contributed by atoms with van der Waals surface area (Å²) >= 11 is 0. The third kappa shape index (κ3) is 3.73. The van der Waals surface area contributed by atoms with Gasteiger partial charge in [0.1, 0.15) is 17.4 Å². The zero-order valence-electron chi connectivity index (χ0n) is 11.5. The molecule has 0 atom stereocenters. The molecule has 0 saturated carbocycles. The van der Waals surface area contributed by atoms with E-state index < -0.39 is 11.6 Å². The summed E-state index contributed by atoms with van der Waals surface area (Å²) < 4.78 is 26.1. The van der Waals surface area contributed by atoms with Gasteiger partial charge in [-0.3, -0.25) is 4.79 Å². The average molecular weight is 274 g/mol. The molecule has 1 nitrogen and oxygen atoms in total. The maximum Gasteiger partial charge on any atom is 0.141 e. The number of halogens is 2. The Labute approximate surface area is 117 Å². The number of hydrogen-bond acceptors (Lipinski definition) is 1. The van der Waals surface area contributed by atoms with Crippen molar-refractivity contribution >= 4 is 5.78 Å². The lowest BCUT2D eigenvalue weighted by Gasteiger charge is -2.05. The Hall–Kier alpha value is -2.03. The van der Waals surface area contributed by atoms with Crippen LogP contribution in [-0.4, -0.2) is 5.78 Å². The summed E-state index contributed by atoms with van der Waals surface area (Å²) in [6, 6.07) is 9.05. The number of benzene rings is 2. The van der Waals surface area contributed by atoms with Gasteiger partial charge < -0.3 is 0 Å². The first-order chi connectivity index (χ1) is 9.44. The molecule has 104 valence electrons. The Morgan fingerprint density at radius 1 is 0.850 bits per heavy atom. The molecular weight excluding hydrogens is 258 g/mol. The standard InChI is InChI=1S/C17H16F2O/c1-11-3-4-13(5-12(11)2)8-17(20)9-14-6-15(18)10-16(19)7-14/h3-7,10H,8-9H2,1-2H3. The Morgan fingerprint density at radius 2 is 1.45 bits per heavy atom. The molecule has 2 rings (SSSR count). The van der Waals surface area contributed by atoms with Crippen molar-refractivity contribution in [2.75, 3.05) is 0 Å².